The van der Waals surface area contributed by atoms with Crippen LogP contribution in [-0.2, 0) is 0 Å². The molecule has 0 saturated carbocycles. The lowest BCUT2D eigenvalue weighted by atomic mass is 9.92. The number of hydrogen-bond acceptors (Lipinski definition) is 4. The summed E-state index contributed by atoms with van der Waals surface area (Å²) in [6.07, 6.45) is 21.0. The summed E-state index contributed by atoms with van der Waals surface area (Å²) in [6.45, 7) is 9.03. The number of halogens is 1. The molecule has 0 radical (unpaired) electrons. The molecule has 9 heteroatoms. The van der Waals surface area contributed by atoms with E-state index in [1.54, 1.807) is 0 Å². The largest absolute Gasteiger partial charge is 0.355 e. The fraction of sp³-hybridized carbons (Fsp3) is 0.143. The molecule has 9 aromatic rings. The number of rotatable bonds is 9. The van der Waals surface area contributed by atoms with Gasteiger partial charge in [-0.15, -0.1) is 0 Å². The molecule has 8 nitrogen and oxygen atoms in total. The maximum atomic E-state index is 5.48. The molecule has 384 valence electrons. The third kappa shape index (κ3) is 9.32. The summed E-state index contributed by atoms with van der Waals surface area (Å²) in [6, 6.07) is 48.9. The van der Waals surface area contributed by atoms with Crippen molar-refractivity contribution in [3.63, 3.8) is 0 Å². The summed E-state index contributed by atoms with van der Waals surface area (Å²) in [7, 11) is 0. The van der Waals surface area contributed by atoms with E-state index in [9.17, 15) is 0 Å². The molecule has 0 saturated heterocycles. The minimum Gasteiger partial charge on any atom is -0.355 e. The van der Waals surface area contributed by atoms with E-state index in [4.69, 9.17) is 19.9 Å². The van der Waals surface area contributed by atoms with E-state index in [-0.39, 0.29) is 0 Å². The highest BCUT2D eigenvalue weighted by Crippen LogP contribution is 2.39. The van der Waals surface area contributed by atoms with Gasteiger partial charge in [0.1, 0.15) is 0 Å². The predicted octanol–water partition coefficient (Wildman–Crippen LogP) is 18.6. The second kappa shape index (κ2) is 21.0. The highest BCUT2D eigenvalue weighted by Gasteiger charge is 2.22. The quantitative estimate of drug-likeness (QED) is 0.108. The number of nitrogens with one attached hydrogen (secondary N) is 4. The molecule has 4 aliphatic heterocycles. The Kier molecular flexibility index (Phi) is 13.2. The van der Waals surface area contributed by atoms with Crippen molar-refractivity contribution in [2.75, 3.05) is 0 Å². The van der Waals surface area contributed by atoms with E-state index in [1.807, 2.05) is 12.1 Å². The highest BCUT2D eigenvalue weighted by atomic mass is 79.9. The van der Waals surface area contributed by atoms with Gasteiger partial charge in [-0.05, 0) is 185 Å². The fourth-order valence-corrected chi connectivity index (χ4v) is 12.2. The molecular weight excluding hydrogens is 1030 g/mol. The SMILES string of the molecule is CCC(CC)c1c2nc(c(C#Cc3ccc(-c4c5nc(c(-c6ccccc6)c6ccc(cc7nc(c(-c8ccccc8)c8ccc4[nH]8)C=C7)[nH]6)C=C5)cc3)c3ccc([nH]3)c(C(CC)CC)c3nc(c(Br)c4ccc1[nH]4)C=C3)C=C2. The lowest BCUT2D eigenvalue weighted by molar-refractivity contribution is 0.642. The smallest absolute Gasteiger partial charge is 0.0815 e. The number of nitrogens with zero attached hydrogens (tertiary/aromatic N) is 4. The fourth-order valence-electron chi connectivity index (χ4n) is 11.7. The van der Waals surface area contributed by atoms with E-state index in [2.05, 4.69) is 251 Å². The molecule has 79 heavy (non-hydrogen) atoms. The van der Waals surface area contributed by atoms with Crippen LogP contribution in [-0.4, -0.2) is 39.9 Å². The van der Waals surface area contributed by atoms with Gasteiger partial charge >= 0.3 is 0 Å². The standard InChI is InChI=1S/C70H57BrN8/c1-5-43(6-2)65-55-31-29-51(74-55)50(52-30-32-56(75-52)66(44(7-3)8-4)58-38-40-64(79-58)70(71)63-39-37-57(65)78-63)26-21-42-19-22-47(23-20-42)69-61-35-33-59(76-61)67(45-15-11-9-12-16-45)53-27-24-48(72-53)41-49-25-28-54(73-49)68(46-17-13-10-14-18-46)60-34-36-62(69)77-60/h9-20,22-25,27-41,43-44,72,74,77,79H,5-8H2,1-4H3. The Morgan fingerprint density at radius 3 is 1.42 bits per heavy atom. The Balaban J connectivity index is 1.01. The van der Waals surface area contributed by atoms with Crippen molar-refractivity contribution < 1.29 is 0 Å². The molecule has 0 aliphatic carbocycles. The van der Waals surface area contributed by atoms with Crippen LogP contribution in [0, 0.1) is 11.8 Å². The molecular formula is C70H57BrN8. The van der Waals surface area contributed by atoms with E-state index in [1.165, 1.54) is 11.1 Å². The first kappa shape index (κ1) is 49.5. The van der Waals surface area contributed by atoms with Crippen molar-refractivity contribution in [3.8, 4) is 45.2 Å². The van der Waals surface area contributed by atoms with Gasteiger partial charge < -0.3 is 19.9 Å². The molecule has 0 fully saturated rings. The van der Waals surface area contributed by atoms with Crippen LogP contribution < -0.4 is 0 Å². The maximum absolute atomic E-state index is 5.48. The lowest BCUT2D eigenvalue weighted by Crippen LogP contribution is -2.00. The van der Waals surface area contributed by atoms with E-state index < -0.39 is 0 Å². The van der Waals surface area contributed by atoms with Crippen molar-refractivity contribution in [1.29, 1.82) is 0 Å². The van der Waals surface area contributed by atoms with Gasteiger partial charge in [0.25, 0.3) is 0 Å². The third-order valence-electron chi connectivity index (χ3n) is 15.8. The van der Waals surface area contributed by atoms with Crippen LogP contribution in [0.15, 0.2) is 144 Å². The Bertz CT molecular complexity index is 4380. The molecule has 10 heterocycles. The van der Waals surface area contributed by atoms with Gasteiger partial charge in [0, 0.05) is 66.5 Å². The Labute approximate surface area is 468 Å². The summed E-state index contributed by atoms with van der Waals surface area (Å²) < 4.78 is 0.935. The zero-order valence-corrected chi connectivity index (χ0v) is 46.1. The van der Waals surface area contributed by atoms with Gasteiger partial charge in [0.15, 0.2) is 0 Å². The van der Waals surface area contributed by atoms with E-state index >= 15 is 0 Å². The van der Waals surface area contributed by atoms with E-state index in [0.717, 1.165) is 164 Å². The molecule has 0 unspecified atom stereocenters. The summed E-state index contributed by atoms with van der Waals surface area (Å²) in [4.78, 5) is 36.6. The monoisotopic (exact) mass is 1090 g/mol. The molecule has 4 aliphatic rings. The number of aromatic nitrogens is 8. The van der Waals surface area contributed by atoms with Crippen LogP contribution in [0.4, 0.5) is 0 Å². The lowest BCUT2D eigenvalue weighted by Gasteiger charge is -2.14. The van der Waals surface area contributed by atoms with Crippen LogP contribution in [0.2, 0.25) is 0 Å². The molecule has 13 rings (SSSR count). The first-order valence-corrected chi connectivity index (χ1v) is 28.3. The van der Waals surface area contributed by atoms with Crippen LogP contribution in [0.5, 0.6) is 0 Å². The predicted molar refractivity (Wildman–Crippen MR) is 334 cm³/mol. The molecule has 16 bridgehead atoms. The number of hydrogen-bond donors (Lipinski definition) is 4. The van der Waals surface area contributed by atoms with Crippen LogP contribution in [0.25, 0.3) is 126 Å². The molecule has 0 atom stereocenters. The minimum absolute atomic E-state index is 0.294. The second-order valence-electron chi connectivity index (χ2n) is 20.5. The number of H-pyrrole nitrogens is 4. The summed E-state index contributed by atoms with van der Waals surface area (Å²) in [5, 5.41) is 0. The van der Waals surface area contributed by atoms with Gasteiger partial charge in [-0.25, -0.2) is 19.9 Å². The van der Waals surface area contributed by atoms with Crippen LogP contribution in [0.3, 0.4) is 0 Å². The van der Waals surface area contributed by atoms with Crippen LogP contribution in [0.1, 0.15) is 133 Å². The van der Waals surface area contributed by atoms with Gasteiger partial charge in [-0.3, -0.25) is 0 Å². The Morgan fingerprint density at radius 2 is 0.810 bits per heavy atom. The van der Waals surface area contributed by atoms with Crippen molar-refractivity contribution in [3.05, 3.63) is 212 Å². The molecule has 0 amide bonds. The molecule has 0 spiro atoms. The van der Waals surface area contributed by atoms with Gasteiger partial charge in [-0.1, -0.05) is 112 Å². The summed E-state index contributed by atoms with van der Waals surface area (Å²) >= 11 is 3.95. The minimum atomic E-state index is 0.294. The average molecular weight is 1090 g/mol. The molecule has 6 aromatic heterocycles. The van der Waals surface area contributed by atoms with Gasteiger partial charge in [0.2, 0.25) is 0 Å². The zero-order chi connectivity index (χ0) is 53.6. The Hall–Kier alpha value is -9.10. The topological polar surface area (TPSA) is 115 Å². The first-order chi connectivity index (χ1) is 38.8. The van der Waals surface area contributed by atoms with Crippen molar-refractivity contribution >= 4 is 109 Å². The summed E-state index contributed by atoms with van der Waals surface area (Å²) in [5.74, 6) is 7.86. The summed E-state index contributed by atoms with van der Waals surface area (Å²) in [5.41, 5.74) is 25.2. The van der Waals surface area contributed by atoms with Gasteiger partial charge in [-0.2, -0.15) is 0 Å². The number of fused-ring (bicyclic) bond motifs is 16. The third-order valence-corrected chi connectivity index (χ3v) is 16.6. The average Bonchev–Trinajstić information content (AvgIpc) is 4.43. The normalized spacial score (nSPS) is 12.5. The van der Waals surface area contributed by atoms with Crippen molar-refractivity contribution in [2.45, 2.75) is 65.2 Å². The zero-order valence-electron chi connectivity index (χ0n) is 44.5. The molecule has 3 aromatic carbocycles. The Morgan fingerprint density at radius 1 is 0.380 bits per heavy atom. The number of benzene rings is 3. The molecule has 4 N–H and O–H groups in total. The van der Waals surface area contributed by atoms with Gasteiger partial charge in [0.05, 0.1) is 66.6 Å². The van der Waals surface area contributed by atoms with Crippen molar-refractivity contribution in [1.82, 2.24) is 39.9 Å². The maximum Gasteiger partial charge on any atom is 0.0815 e. The van der Waals surface area contributed by atoms with E-state index in [0.29, 0.717) is 11.8 Å². The highest BCUT2D eigenvalue weighted by molar-refractivity contribution is 9.10. The van der Waals surface area contributed by atoms with Crippen LogP contribution >= 0.6 is 15.9 Å². The number of aromatic amines is 4. The first-order valence-electron chi connectivity index (χ1n) is 27.5. The second-order valence-corrected chi connectivity index (χ2v) is 21.3. The van der Waals surface area contributed by atoms with Crippen molar-refractivity contribution in [2.24, 2.45) is 0 Å².